The van der Waals surface area contributed by atoms with Crippen LogP contribution in [0.25, 0.3) is 0 Å². The Hall–Kier alpha value is -3.81. The van der Waals surface area contributed by atoms with Crippen LogP contribution in [0.15, 0.2) is 66.7 Å². The normalized spacial score (nSPS) is 26.2. The monoisotopic (exact) mass is 443 g/mol. The first kappa shape index (κ1) is 19.8. The number of anilines is 2. The van der Waals surface area contributed by atoms with E-state index >= 15 is 0 Å². The molecule has 2 aliphatic heterocycles. The highest BCUT2D eigenvalue weighted by atomic mass is 19.1. The van der Waals surface area contributed by atoms with Crippen molar-refractivity contribution in [1.82, 2.24) is 14.8 Å². The number of carbonyl (C=O) groups is 2. The maximum Gasteiger partial charge on any atom is 0.260 e. The summed E-state index contributed by atoms with van der Waals surface area (Å²) < 4.78 is 15.3. The number of benzene rings is 2. The van der Waals surface area contributed by atoms with E-state index in [0.717, 1.165) is 16.0 Å². The molecule has 1 N–H and O–H groups in total. The fraction of sp³-hybridized carbons (Fsp3) is 0.280. The first-order chi connectivity index (χ1) is 16.1. The van der Waals surface area contributed by atoms with Gasteiger partial charge in [-0.2, -0.15) is 4.98 Å². The molecule has 0 saturated carbocycles. The van der Waals surface area contributed by atoms with Crippen LogP contribution < -0.4 is 10.2 Å². The molecule has 33 heavy (non-hydrogen) atoms. The molecular formula is C25H22FN5O2. The van der Waals surface area contributed by atoms with Crippen LogP contribution >= 0.6 is 0 Å². The van der Waals surface area contributed by atoms with Gasteiger partial charge in [-0.1, -0.05) is 54.6 Å². The third-order valence-electron chi connectivity index (χ3n) is 6.84. The second-order valence-electron chi connectivity index (χ2n) is 8.76. The van der Waals surface area contributed by atoms with Crippen LogP contribution in [-0.2, 0) is 9.59 Å². The van der Waals surface area contributed by atoms with E-state index in [4.69, 9.17) is 0 Å². The number of imide groups is 1. The Morgan fingerprint density at radius 2 is 1.55 bits per heavy atom. The summed E-state index contributed by atoms with van der Waals surface area (Å²) in [5, 5.41) is 8.03. The molecule has 2 amide bonds. The van der Waals surface area contributed by atoms with Gasteiger partial charge < -0.3 is 5.32 Å². The summed E-state index contributed by atoms with van der Waals surface area (Å²) in [6.45, 7) is 0. The number of amides is 2. The van der Waals surface area contributed by atoms with E-state index in [2.05, 4.69) is 15.4 Å². The largest absolute Gasteiger partial charge is 0.347 e. The third-order valence-corrected chi connectivity index (χ3v) is 6.84. The lowest BCUT2D eigenvalue weighted by atomic mass is 9.85. The number of nitrogens with zero attached hydrogens (tertiary/aromatic N) is 4. The summed E-state index contributed by atoms with van der Waals surface area (Å²) >= 11 is 0. The highest BCUT2D eigenvalue weighted by Gasteiger charge is 2.49. The predicted molar refractivity (Wildman–Crippen MR) is 120 cm³/mol. The van der Waals surface area contributed by atoms with Gasteiger partial charge in [0, 0.05) is 0 Å². The minimum atomic E-state index is -0.346. The molecular weight excluding hydrogens is 421 g/mol. The van der Waals surface area contributed by atoms with Gasteiger partial charge in [-0.15, -0.1) is 5.10 Å². The van der Waals surface area contributed by atoms with E-state index in [1.807, 2.05) is 42.5 Å². The highest BCUT2D eigenvalue weighted by molar-refractivity contribution is 6.21. The van der Waals surface area contributed by atoms with Crippen LogP contribution in [0.2, 0.25) is 0 Å². The van der Waals surface area contributed by atoms with Crippen LogP contribution in [0, 0.1) is 17.7 Å². The van der Waals surface area contributed by atoms with Crippen molar-refractivity contribution in [3.63, 3.8) is 0 Å². The lowest BCUT2D eigenvalue weighted by Gasteiger charge is -2.31. The van der Waals surface area contributed by atoms with Crippen molar-refractivity contribution in [3.8, 4) is 0 Å². The molecule has 1 saturated heterocycles. The van der Waals surface area contributed by atoms with E-state index in [1.54, 1.807) is 16.8 Å². The van der Waals surface area contributed by atoms with E-state index in [1.165, 1.54) is 12.1 Å². The second-order valence-corrected chi connectivity index (χ2v) is 8.76. The molecule has 7 nitrogen and oxygen atoms in total. The Labute approximate surface area is 189 Å². The summed E-state index contributed by atoms with van der Waals surface area (Å²) in [6, 6.07) is 16.1. The van der Waals surface area contributed by atoms with Crippen LogP contribution in [-0.4, -0.2) is 26.6 Å². The van der Waals surface area contributed by atoms with Crippen molar-refractivity contribution in [2.24, 2.45) is 11.8 Å². The first-order valence-corrected chi connectivity index (χ1v) is 11.2. The molecule has 3 aliphatic rings. The van der Waals surface area contributed by atoms with Crippen molar-refractivity contribution in [1.29, 1.82) is 0 Å². The van der Waals surface area contributed by atoms with E-state index in [0.29, 0.717) is 25.2 Å². The molecule has 0 unspecified atom stereocenters. The third kappa shape index (κ3) is 3.25. The topological polar surface area (TPSA) is 80.1 Å². The Bertz CT molecular complexity index is 1230. The quantitative estimate of drug-likeness (QED) is 0.489. The lowest BCUT2D eigenvalue weighted by Crippen LogP contribution is -2.32. The molecule has 2 aromatic carbocycles. The Balaban J connectivity index is 1.41. The number of fused-ring (bicyclic) bond motifs is 2. The number of aromatic nitrogens is 3. The highest BCUT2D eigenvalue weighted by Crippen LogP contribution is 2.41. The average Bonchev–Trinajstić information content (AvgIpc) is 3.38. The smallest absolute Gasteiger partial charge is 0.260 e. The summed E-state index contributed by atoms with van der Waals surface area (Å²) in [5.41, 5.74) is 1.97. The molecule has 0 bridgehead atoms. The molecule has 4 atom stereocenters. The standard InChI is InChI=1S/C25H22FN5O2/c26-17-12-10-16(11-13-17)21-14-20(15-6-2-1-3-7-15)27-24-28-25(29-31(21)24)30-22(32)18-8-4-5-9-19(18)23(30)33/h1-7,10-13,18-21H,8-9,14H2,(H,27,28,29)/t18-,19+,20-,21+/m0/s1. The Morgan fingerprint density at radius 1 is 0.879 bits per heavy atom. The average molecular weight is 443 g/mol. The number of hydrogen-bond acceptors (Lipinski definition) is 5. The predicted octanol–water partition coefficient (Wildman–Crippen LogP) is 4.02. The summed E-state index contributed by atoms with van der Waals surface area (Å²) in [5.74, 6) is -0.903. The first-order valence-electron chi connectivity index (χ1n) is 11.2. The number of carbonyl (C=O) groups excluding carboxylic acids is 2. The van der Waals surface area contributed by atoms with Gasteiger partial charge in [0.25, 0.3) is 5.95 Å². The van der Waals surface area contributed by atoms with Crippen molar-refractivity contribution >= 4 is 23.7 Å². The van der Waals surface area contributed by atoms with Crippen LogP contribution in [0.1, 0.15) is 42.5 Å². The van der Waals surface area contributed by atoms with Gasteiger partial charge in [0.15, 0.2) is 0 Å². The number of rotatable bonds is 3. The SMILES string of the molecule is O=C1[C@H]2CC=CC[C@H]2C(=O)N1c1nc2n(n1)[C@@H](c1ccc(F)cc1)C[C@@H](c1ccccc1)N2. The molecule has 6 rings (SSSR count). The minimum absolute atomic E-state index is 0.0532. The van der Waals surface area contributed by atoms with Gasteiger partial charge in [-0.3, -0.25) is 9.59 Å². The fourth-order valence-electron chi connectivity index (χ4n) is 5.12. The number of allylic oxidation sites excluding steroid dienone is 2. The molecule has 1 fully saturated rings. The van der Waals surface area contributed by atoms with Gasteiger partial charge in [-0.25, -0.2) is 14.0 Å². The number of hydrogen-bond donors (Lipinski definition) is 1. The van der Waals surface area contributed by atoms with Crippen LogP contribution in [0.4, 0.5) is 16.3 Å². The maximum atomic E-state index is 13.6. The molecule has 166 valence electrons. The van der Waals surface area contributed by atoms with Gasteiger partial charge >= 0.3 is 0 Å². The van der Waals surface area contributed by atoms with Crippen molar-refractivity contribution in [3.05, 3.63) is 83.7 Å². The number of nitrogens with one attached hydrogen (secondary N) is 1. The van der Waals surface area contributed by atoms with Gasteiger partial charge in [0.1, 0.15) is 5.82 Å². The zero-order valence-electron chi connectivity index (χ0n) is 17.8. The molecule has 8 heteroatoms. The van der Waals surface area contributed by atoms with Gasteiger partial charge in [-0.05, 0) is 42.5 Å². The van der Waals surface area contributed by atoms with Crippen molar-refractivity contribution in [2.45, 2.75) is 31.3 Å². The summed E-state index contributed by atoms with van der Waals surface area (Å²) in [7, 11) is 0. The summed E-state index contributed by atoms with van der Waals surface area (Å²) in [6.07, 6.45) is 5.69. The zero-order chi connectivity index (χ0) is 22.5. The van der Waals surface area contributed by atoms with Crippen molar-refractivity contribution < 1.29 is 14.0 Å². The van der Waals surface area contributed by atoms with Gasteiger partial charge in [0.05, 0.1) is 23.9 Å². The van der Waals surface area contributed by atoms with E-state index < -0.39 is 0 Å². The molecule has 0 radical (unpaired) electrons. The molecule has 1 aliphatic carbocycles. The lowest BCUT2D eigenvalue weighted by molar-refractivity contribution is -0.122. The molecule has 3 aromatic rings. The fourth-order valence-corrected chi connectivity index (χ4v) is 5.12. The molecule has 0 spiro atoms. The van der Waals surface area contributed by atoms with Gasteiger partial charge in [0.2, 0.25) is 17.8 Å². The molecule has 1 aromatic heterocycles. The van der Waals surface area contributed by atoms with Crippen LogP contribution in [0.5, 0.6) is 0 Å². The zero-order valence-corrected chi connectivity index (χ0v) is 17.8. The van der Waals surface area contributed by atoms with E-state index in [9.17, 15) is 14.0 Å². The van der Waals surface area contributed by atoms with E-state index in [-0.39, 0.29) is 47.5 Å². The Morgan fingerprint density at radius 3 is 2.21 bits per heavy atom. The van der Waals surface area contributed by atoms with Crippen LogP contribution in [0.3, 0.4) is 0 Å². The van der Waals surface area contributed by atoms with Crippen molar-refractivity contribution in [2.75, 3.05) is 10.2 Å². The molecule has 3 heterocycles. The minimum Gasteiger partial charge on any atom is -0.347 e. The Kier molecular flexibility index (Phi) is 4.60. The second kappa shape index (κ2) is 7.65. The number of halogens is 1. The summed E-state index contributed by atoms with van der Waals surface area (Å²) in [4.78, 5) is 31.9. The maximum absolute atomic E-state index is 13.6.